The first-order chi connectivity index (χ1) is 13.0. The van der Waals surface area contributed by atoms with Crippen molar-refractivity contribution < 1.29 is 14.3 Å². The number of nitriles is 1. The van der Waals surface area contributed by atoms with E-state index in [0.717, 1.165) is 4.90 Å². The molecule has 27 heavy (non-hydrogen) atoms. The van der Waals surface area contributed by atoms with Crippen LogP contribution in [0.1, 0.15) is 23.1 Å². The number of thioether (sulfide) groups is 1. The molecule has 0 aliphatic rings. The Kier molecular flexibility index (Phi) is 7.71. The highest BCUT2D eigenvalue weighted by atomic mass is 32.2. The van der Waals surface area contributed by atoms with Crippen LogP contribution in [0.3, 0.4) is 0 Å². The number of nitrogens with zero attached hydrogens (tertiary/aromatic N) is 1. The van der Waals surface area contributed by atoms with Gasteiger partial charge in [0.25, 0.3) is 5.91 Å². The molecule has 140 valence electrons. The minimum absolute atomic E-state index is 0.233. The molecule has 0 saturated carbocycles. The van der Waals surface area contributed by atoms with E-state index >= 15 is 0 Å². The lowest BCUT2D eigenvalue weighted by atomic mass is 10.1. The molecular formula is C20H21N3O3S. The lowest BCUT2D eigenvalue weighted by Gasteiger charge is -2.09. The van der Waals surface area contributed by atoms with Crippen LogP contribution < -0.4 is 15.6 Å². The Hall–Kier alpha value is -2.98. The highest BCUT2D eigenvalue weighted by Gasteiger charge is 2.06. The maximum atomic E-state index is 11.8. The fraction of sp³-hybridized carbons (Fsp3) is 0.250. The summed E-state index contributed by atoms with van der Waals surface area (Å²) in [4.78, 5) is 24.6. The van der Waals surface area contributed by atoms with Crippen molar-refractivity contribution >= 4 is 23.6 Å². The summed E-state index contributed by atoms with van der Waals surface area (Å²) in [6.45, 7) is 3.89. The van der Waals surface area contributed by atoms with Crippen LogP contribution in [-0.2, 0) is 9.59 Å². The Bertz CT molecular complexity index is 845. The number of rotatable bonds is 7. The van der Waals surface area contributed by atoms with Crippen molar-refractivity contribution in [3.8, 4) is 11.8 Å². The second-order valence-electron chi connectivity index (χ2n) is 5.87. The van der Waals surface area contributed by atoms with Gasteiger partial charge in [0, 0.05) is 17.1 Å². The smallest absolute Gasteiger partial charge is 0.276 e. The third kappa shape index (κ3) is 7.04. The minimum atomic E-state index is -0.463. The number of carbonyl (C=O) groups excluding carboxylic acids is 2. The Balaban J connectivity index is 1.63. The van der Waals surface area contributed by atoms with Gasteiger partial charge in [-0.2, -0.15) is 5.26 Å². The lowest BCUT2D eigenvalue weighted by Crippen LogP contribution is -2.43. The van der Waals surface area contributed by atoms with Crippen molar-refractivity contribution in [3.63, 3.8) is 0 Å². The van der Waals surface area contributed by atoms with Gasteiger partial charge in [-0.05, 0) is 61.4 Å². The molecule has 2 aromatic rings. The Morgan fingerprint density at radius 2 is 1.74 bits per heavy atom. The molecule has 2 rings (SSSR count). The van der Waals surface area contributed by atoms with E-state index in [2.05, 4.69) is 36.8 Å². The molecule has 0 heterocycles. The number of amides is 2. The fourth-order valence-electron chi connectivity index (χ4n) is 2.08. The molecule has 2 aromatic carbocycles. The standard InChI is InChI=1S/C20H21N3O3S/c1-14-3-8-18(11-15(14)2)27-10-9-19(24)22-23-20(25)13-26-17-6-4-16(12-21)5-7-17/h3-8,11H,9-10,13H2,1-2H3,(H,22,24)(H,23,25). The summed E-state index contributed by atoms with van der Waals surface area (Å²) in [7, 11) is 0. The highest BCUT2D eigenvalue weighted by molar-refractivity contribution is 7.99. The van der Waals surface area contributed by atoms with Crippen LogP contribution in [0.25, 0.3) is 0 Å². The summed E-state index contributed by atoms with van der Waals surface area (Å²) in [5.41, 5.74) is 7.66. The first kappa shape index (κ1) is 20.3. The number of carbonyl (C=O) groups is 2. The van der Waals surface area contributed by atoms with Crippen LogP contribution in [0.4, 0.5) is 0 Å². The summed E-state index contributed by atoms with van der Waals surface area (Å²) in [6.07, 6.45) is 0.286. The van der Waals surface area contributed by atoms with Crippen LogP contribution >= 0.6 is 11.8 Å². The third-order valence-electron chi connectivity index (χ3n) is 3.77. The van der Waals surface area contributed by atoms with Crippen molar-refractivity contribution in [2.75, 3.05) is 12.4 Å². The zero-order valence-corrected chi connectivity index (χ0v) is 16.1. The number of ether oxygens (including phenoxy) is 1. The van der Waals surface area contributed by atoms with Crippen LogP contribution in [-0.4, -0.2) is 24.2 Å². The Morgan fingerprint density at radius 1 is 1.04 bits per heavy atom. The van der Waals surface area contributed by atoms with Gasteiger partial charge in [0.15, 0.2) is 6.61 Å². The molecule has 0 aromatic heterocycles. The number of hydrogen-bond acceptors (Lipinski definition) is 5. The number of benzene rings is 2. The molecular weight excluding hydrogens is 362 g/mol. The first-order valence-corrected chi connectivity index (χ1v) is 9.37. The van der Waals surface area contributed by atoms with Gasteiger partial charge in [0.1, 0.15) is 5.75 Å². The summed E-state index contributed by atoms with van der Waals surface area (Å²) in [5.74, 6) is 0.360. The number of hydrazine groups is 1. The molecule has 0 bridgehead atoms. The molecule has 0 unspecified atom stereocenters. The molecule has 7 heteroatoms. The van der Waals surface area contributed by atoms with E-state index in [1.807, 2.05) is 12.1 Å². The largest absolute Gasteiger partial charge is 0.484 e. The predicted molar refractivity (Wildman–Crippen MR) is 104 cm³/mol. The van der Waals surface area contributed by atoms with Gasteiger partial charge in [-0.25, -0.2) is 0 Å². The monoisotopic (exact) mass is 383 g/mol. The summed E-state index contributed by atoms with van der Waals surface area (Å²) in [6, 6.07) is 14.6. The predicted octanol–water partition coefficient (Wildman–Crippen LogP) is 2.88. The van der Waals surface area contributed by atoms with Gasteiger partial charge in [0.2, 0.25) is 5.91 Å². The average molecular weight is 383 g/mol. The van der Waals surface area contributed by atoms with Gasteiger partial charge in [-0.3, -0.25) is 20.4 Å². The normalized spacial score (nSPS) is 9.96. The van der Waals surface area contributed by atoms with E-state index < -0.39 is 5.91 Å². The third-order valence-corrected chi connectivity index (χ3v) is 4.77. The molecule has 2 amide bonds. The highest BCUT2D eigenvalue weighted by Crippen LogP contribution is 2.21. The molecule has 2 N–H and O–H groups in total. The van der Waals surface area contributed by atoms with Crippen LogP contribution in [0, 0.1) is 25.2 Å². The van der Waals surface area contributed by atoms with E-state index in [0.29, 0.717) is 17.1 Å². The van der Waals surface area contributed by atoms with E-state index in [-0.39, 0.29) is 18.9 Å². The maximum Gasteiger partial charge on any atom is 0.276 e. The topological polar surface area (TPSA) is 91.2 Å². The van der Waals surface area contributed by atoms with Crippen LogP contribution in [0.15, 0.2) is 47.4 Å². The molecule has 0 saturated heterocycles. The molecule has 0 atom stereocenters. The van der Waals surface area contributed by atoms with Gasteiger partial charge >= 0.3 is 0 Å². The number of nitrogens with one attached hydrogen (secondary N) is 2. The fourth-order valence-corrected chi connectivity index (χ4v) is 3.03. The lowest BCUT2D eigenvalue weighted by molar-refractivity contribution is -0.129. The van der Waals surface area contributed by atoms with E-state index in [4.69, 9.17) is 10.00 Å². The van der Waals surface area contributed by atoms with E-state index in [9.17, 15) is 9.59 Å². The molecule has 0 aliphatic carbocycles. The zero-order chi connectivity index (χ0) is 19.6. The van der Waals surface area contributed by atoms with Crippen molar-refractivity contribution in [2.45, 2.75) is 25.2 Å². The van der Waals surface area contributed by atoms with Crippen molar-refractivity contribution in [1.82, 2.24) is 10.9 Å². The number of hydrogen-bond donors (Lipinski definition) is 2. The van der Waals surface area contributed by atoms with Gasteiger partial charge in [-0.1, -0.05) is 6.07 Å². The minimum Gasteiger partial charge on any atom is -0.484 e. The Labute approximate surface area is 162 Å². The average Bonchev–Trinajstić information content (AvgIpc) is 2.68. The molecule has 0 aliphatic heterocycles. The van der Waals surface area contributed by atoms with E-state index in [1.54, 1.807) is 36.0 Å². The van der Waals surface area contributed by atoms with Crippen molar-refractivity contribution in [3.05, 3.63) is 59.2 Å². The van der Waals surface area contributed by atoms with Gasteiger partial charge in [-0.15, -0.1) is 11.8 Å². The van der Waals surface area contributed by atoms with E-state index in [1.165, 1.54) is 11.1 Å². The summed E-state index contributed by atoms with van der Waals surface area (Å²) in [5, 5.41) is 8.72. The summed E-state index contributed by atoms with van der Waals surface area (Å²) >= 11 is 1.60. The molecule has 0 spiro atoms. The van der Waals surface area contributed by atoms with Gasteiger partial charge in [0.05, 0.1) is 11.6 Å². The quantitative estimate of drug-likeness (QED) is 0.567. The maximum absolute atomic E-state index is 11.8. The second kappa shape index (κ2) is 10.2. The second-order valence-corrected chi connectivity index (χ2v) is 7.03. The molecule has 0 radical (unpaired) electrons. The van der Waals surface area contributed by atoms with Crippen LogP contribution in [0.2, 0.25) is 0 Å². The van der Waals surface area contributed by atoms with Crippen molar-refractivity contribution in [1.29, 1.82) is 5.26 Å². The molecule has 6 nitrogen and oxygen atoms in total. The van der Waals surface area contributed by atoms with Crippen molar-refractivity contribution in [2.24, 2.45) is 0 Å². The number of aryl methyl sites for hydroxylation is 2. The zero-order valence-electron chi connectivity index (χ0n) is 15.2. The Morgan fingerprint density at radius 3 is 2.41 bits per heavy atom. The molecule has 0 fully saturated rings. The van der Waals surface area contributed by atoms with Gasteiger partial charge < -0.3 is 4.74 Å². The van der Waals surface area contributed by atoms with Crippen LogP contribution in [0.5, 0.6) is 5.75 Å². The summed E-state index contributed by atoms with van der Waals surface area (Å²) < 4.78 is 5.28. The first-order valence-electron chi connectivity index (χ1n) is 8.38. The SMILES string of the molecule is Cc1ccc(SCCC(=O)NNC(=O)COc2ccc(C#N)cc2)cc1C.